The number of anilines is 1. The number of carbonyl (C=O) groups is 1. The highest BCUT2D eigenvalue weighted by Crippen LogP contribution is 2.16. The number of hydrogen-bond donors (Lipinski definition) is 1. The molecular formula is C8H11BrN2O2. The summed E-state index contributed by atoms with van der Waals surface area (Å²) in [5, 5.41) is 0. The summed E-state index contributed by atoms with van der Waals surface area (Å²) in [4.78, 5) is 13.9. The number of ether oxygens (including phenoxy) is 1. The molecule has 0 amide bonds. The minimum atomic E-state index is 0.394. The zero-order valence-corrected chi connectivity index (χ0v) is 9.04. The van der Waals surface area contributed by atoms with Gasteiger partial charge in [-0.2, -0.15) is 0 Å². The van der Waals surface area contributed by atoms with Gasteiger partial charge in [0.25, 0.3) is 0 Å². The Morgan fingerprint density at radius 2 is 2.15 bits per heavy atom. The Balaban J connectivity index is 0.000000424. The lowest BCUT2D eigenvalue weighted by atomic mass is 10.3. The fourth-order valence-corrected chi connectivity index (χ4v) is 0.894. The smallest absolute Gasteiger partial charge is 0.151 e. The van der Waals surface area contributed by atoms with E-state index >= 15 is 0 Å². The first-order valence-corrected chi connectivity index (χ1v) is 4.21. The molecule has 0 saturated carbocycles. The topological polar surface area (TPSA) is 65.2 Å². The summed E-state index contributed by atoms with van der Waals surface area (Å²) in [6, 6.07) is 1.62. The van der Waals surface area contributed by atoms with Crippen LogP contribution in [0, 0.1) is 0 Å². The summed E-state index contributed by atoms with van der Waals surface area (Å²) in [5.41, 5.74) is 5.88. The molecule has 72 valence electrons. The Labute approximate surface area is 85.2 Å². The van der Waals surface area contributed by atoms with Crippen molar-refractivity contribution in [1.29, 1.82) is 0 Å². The van der Waals surface area contributed by atoms with Crippen molar-refractivity contribution in [1.82, 2.24) is 4.98 Å². The minimum Gasteiger partial charge on any atom is -0.388 e. The summed E-state index contributed by atoms with van der Waals surface area (Å²) in [6.45, 7) is 0. The van der Waals surface area contributed by atoms with E-state index < -0.39 is 0 Å². The van der Waals surface area contributed by atoms with E-state index in [9.17, 15) is 4.79 Å². The molecule has 1 rings (SSSR count). The SMILES string of the molecule is COC.Nc1ncc(C=O)cc1Br. The van der Waals surface area contributed by atoms with Crippen LogP contribution < -0.4 is 5.73 Å². The molecule has 0 fully saturated rings. The largest absolute Gasteiger partial charge is 0.388 e. The number of nitrogen functional groups attached to an aromatic ring is 1. The van der Waals surface area contributed by atoms with E-state index in [-0.39, 0.29) is 0 Å². The van der Waals surface area contributed by atoms with Crippen LogP contribution in [0.2, 0.25) is 0 Å². The number of nitrogens with two attached hydrogens (primary N) is 1. The molecule has 0 radical (unpaired) electrons. The van der Waals surface area contributed by atoms with Crippen LogP contribution >= 0.6 is 15.9 Å². The van der Waals surface area contributed by atoms with Crippen LogP contribution in [0.5, 0.6) is 0 Å². The molecule has 1 aromatic rings. The van der Waals surface area contributed by atoms with Crippen molar-refractivity contribution in [2.24, 2.45) is 0 Å². The van der Waals surface area contributed by atoms with Gasteiger partial charge >= 0.3 is 0 Å². The van der Waals surface area contributed by atoms with Crippen molar-refractivity contribution in [3.63, 3.8) is 0 Å². The van der Waals surface area contributed by atoms with E-state index in [4.69, 9.17) is 5.73 Å². The van der Waals surface area contributed by atoms with Crippen LogP contribution in [0.1, 0.15) is 10.4 Å². The second-order valence-corrected chi connectivity index (χ2v) is 3.02. The Morgan fingerprint density at radius 1 is 1.62 bits per heavy atom. The van der Waals surface area contributed by atoms with Crippen molar-refractivity contribution in [2.45, 2.75) is 0 Å². The van der Waals surface area contributed by atoms with Crippen molar-refractivity contribution in [3.05, 3.63) is 22.3 Å². The van der Waals surface area contributed by atoms with E-state index in [1.807, 2.05) is 0 Å². The predicted molar refractivity (Wildman–Crippen MR) is 54.7 cm³/mol. The van der Waals surface area contributed by atoms with Crippen LogP contribution in [-0.2, 0) is 4.74 Å². The quantitative estimate of drug-likeness (QED) is 0.763. The molecule has 0 aliphatic rings. The van der Waals surface area contributed by atoms with E-state index in [1.165, 1.54) is 6.20 Å². The van der Waals surface area contributed by atoms with Crippen molar-refractivity contribution < 1.29 is 9.53 Å². The number of rotatable bonds is 1. The monoisotopic (exact) mass is 246 g/mol. The Bertz CT molecular complexity index is 279. The molecule has 13 heavy (non-hydrogen) atoms. The van der Waals surface area contributed by atoms with Gasteiger partial charge in [-0.15, -0.1) is 0 Å². The summed E-state index contributed by atoms with van der Waals surface area (Å²) in [6.07, 6.45) is 2.14. The lowest BCUT2D eigenvalue weighted by molar-refractivity contribution is 0.112. The van der Waals surface area contributed by atoms with Crippen molar-refractivity contribution >= 4 is 28.0 Å². The van der Waals surface area contributed by atoms with E-state index in [0.717, 1.165) is 6.29 Å². The third-order valence-corrected chi connectivity index (χ3v) is 1.66. The molecule has 0 unspecified atom stereocenters. The predicted octanol–water partition coefficient (Wildman–Crippen LogP) is 1.50. The number of aromatic nitrogens is 1. The maximum absolute atomic E-state index is 10.2. The number of nitrogens with zero attached hydrogens (tertiary/aromatic N) is 1. The van der Waals surface area contributed by atoms with Gasteiger partial charge in [0.15, 0.2) is 6.29 Å². The van der Waals surface area contributed by atoms with Crippen molar-refractivity contribution in [3.8, 4) is 0 Å². The molecule has 1 aromatic heterocycles. The molecule has 2 N–H and O–H groups in total. The maximum atomic E-state index is 10.2. The number of hydrogen-bond acceptors (Lipinski definition) is 4. The van der Waals surface area contributed by atoms with Gasteiger partial charge in [-0.3, -0.25) is 4.79 Å². The van der Waals surface area contributed by atoms with Crippen LogP contribution in [0.25, 0.3) is 0 Å². The zero-order valence-electron chi connectivity index (χ0n) is 7.45. The van der Waals surface area contributed by atoms with Crippen LogP contribution in [0.15, 0.2) is 16.7 Å². The Kier molecular flexibility index (Phi) is 6.09. The molecule has 0 bridgehead atoms. The fourth-order valence-electron chi connectivity index (χ4n) is 0.528. The number of methoxy groups -OCH3 is 1. The first kappa shape index (κ1) is 12.1. The molecule has 0 aliphatic carbocycles. The van der Waals surface area contributed by atoms with Gasteiger partial charge in [0.2, 0.25) is 0 Å². The normalized spacial score (nSPS) is 8.54. The summed E-state index contributed by atoms with van der Waals surface area (Å²) in [5.74, 6) is 0.394. The second-order valence-electron chi connectivity index (χ2n) is 2.16. The Morgan fingerprint density at radius 3 is 2.54 bits per heavy atom. The summed E-state index contributed by atoms with van der Waals surface area (Å²) in [7, 11) is 3.25. The molecule has 4 nitrogen and oxygen atoms in total. The molecule has 0 aromatic carbocycles. The standard InChI is InChI=1S/C6H5BrN2O.C2H6O/c7-5-1-4(3-10)2-9-6(5)8;1-3-2/h1-3H,(H2,8,9);1-2H3. The van der Waals surface area contributed by atoms with Gasteiger partial charge in [-0.05, 0) is 22.0 Å². The number of pyridine rings is 1. The second kappa shape index (κ2) is 6.56. The van der Waals surface area contributed by atoms with Gasteiger partial charge in [0, 0.05) is 26.0 Å². The molecule has 0 saturated heterocycles. The number of halogens is 1. The molecular weight excluding hydrogens is 236 g/mol. The van der Waals surface area contributed by atoms with E-state index in [2.05, 4.69) is 25.7 Å². The first-order valence-electron chi connectivity index (χ1n) is 3.42. The van der Waals surface area contributed by atoms with Crippen LogP contribution in [0.4, 0.5) is 5.82 Å². The molecule has 0 spiro atoms. The summed E-state index contributed by atoms with van der Waals surface area (Å²) >= 11 is 3.14. The highest BCUT2D eigenvalue weighted by Gasteiger charge is 1.96. The molecule has 0 aliphatic heterocycles. The van der Waals surface area contributed by atoms with Gasteiger partial charge < -0.3 is 10.5 Å². The summed E-state index contributed by atoms with van der Waals surface area (Å²) < 4.78 is 4.90. The third kappa shape index (κ3) is 4.59. The van der Waals surface area contributed by atoms with Gasteiger partial charge in [0.05, 0.1) is 4.47 Å². The first-order chi connectivity index (χ1) is 6.15. The average Bonchev–Trinajstić information content (AvgIpc) is 2.11. The molecule has 1 heterocycles. The lowest BCUT2D eigenvalue weighted by Gasteiger charge is -1.95. The highest BCUT2D eigenvalue weighted by atomic mass is 79.9. The van der Waals surface area contributed by atoms with Gasteiger partial charge in [0.1, 0.15) is 5.82 Å². The number of carbonyl (C=O) groups excluding carboxylic acids is 1. The van der Waals surface area contributed by atoms with Gasteiger partial charge in [-0.1, -0.05) is 0 Å². The maximum Gasteiger partial charge on any atom is 0.151 e. The minimum absolute atomic E-state index is 0.394. The molecule has 0 atom stereocenters. The lowest BCUT2D eigenvalue weighted by Crippen LogP contribution is -1.92. The number of aldehydes is 1. The fraction of sp³-hybridized carbons (Fsp3) is 0.250. The van der Waals surface area contributed by atoms with Crippen LogP contribution in [-0.4, -0.2) is 25.5 Å². The zero-order chi connectivity index (χ0) is 10.3. The molecule has 5 heteroatoms. The van der Waals surface area contributed by atoms with Crippen LogP contribution in [0.3, 0.4) is 0 Å². The van der Waals surface area contributed by atoms with Crippen molar-refractivity contribution in [2.75, 3.05) is 20.0 Å². The highest BCUT2D eigenvalue weighted by molar-refractivity contribution is 9.10. The average molecular weight is 247 g/mol. The Hall–Kier alpha value is -0.940. The van der Waals surface area contributed by atoms with Gasteiger partial charge in [-0.25, -0.2) is 4.98 Å². The third-order valence-electron chi connectivity index (χ3n) is 1.03. The van der Waals surface area contributed by atoms with E-state index in [1.54, 1.807) is 20.3 Å². The van der Waals surface area contributed by atoms with E-state index in [0.29, 0.717) is 15.9 Å².